The Kier molecular flexibility index (Phi) is 5.91. The molecule has 0 aromatic heterocycles. The number of carbonyl (C=O) groups is 2. The first-order chi connectivity index (χ1) is 11.5. The molecule has 146 valence electrons. The highest BCUT2D eigenvalue weighted by Crippen LogP contribution is 2.49. The lowest BCUT2D eigenvalue weighted by Gasteiger charge is -2.26. The average Bonchev–Trinajstić information content (AvgIpc) is 2.46. The monoisotopic (exact) mass is 417 g/mol. The van der Waals surface area contributed by atoms with Gasteiger partial charge in [-0.1, -0.05) is 0 Å². The molecule has 0 aliphatic heterocycles. The van der Waals surface area contributed by atoms with E-state index < -0.39 is 57.6 Å². The van der Waals surface area contributed by atoms with E-state index >= 15 is 0 Å². The van der Waals surface area contributed by atoms with E-state index in [0.29, 0.717) is 24.3 Å². The van der Waals surface area contributed by atoms with Crippen molar-refractivity contribution in [3.63, 3.8) is 0 Å². The summed E-state index contributed by atoms with van der Waals surface area (Å²) in [5.41, 5.74) is -0.489. The van der Waals surface area contributed by atoms with Gasteiger partial charge in [0.15, 0.2) is 0 Å². The van der Waals surface area contributed by atoms with Crippen molar-refractivity contribution in [1.29, 1.82) is 0 Å². The van der Waals surface area contributed by atoms with Gasteiger partial charge in [-0.15, -0.1) is 0 Å². The molecule has 26 heavy (non-hydrogen) atoms. The maximum Gasteiger partial charge on any atom is 0.471 e. The molecule has 1 rings (SSSR count). The minimum Gasteiger partial charge on any atom is -0.318 e. The number of nitrogens with one attached hydrogen (secondary N) is 1. The normalized spacial score (nSPS) is 13.5. The summed E-state index contributed by atoms with van der Waals surface area (Å²) in [6.07, 6.45) is -11.9. The van der Waals surface area contributed by atoms with Crippen LogP contribution in [0.1, 0.15) is 0 Å². The van der Waals surface area contributed by atoms with Gasteiger partial charge < -0.3 is 5.32 Å². The summed E-state index contributed by atoms with van der Waals surface area (Å²) in [6, 6.07) is 2.71. The molecular formula is C12H5F10NO2S. The van der Waals surface area contributed by atoms with Crippen LogP contribution in [0.4, 0.5) is 49.6 Å². The second-order valence-electron chi connectivity index (χ2n) is 4.51. The number of hydrogen-bond acceptors (Lipinski definition) is 3. The number of halogens is 10. The Morgan fingerprint density at radius 1 is 0.808 bits per heavy atom. The molecule has 1 aromatic carbocycles. The molecular weight excluding hydrogens is 412 g/mol. The third-order valence-corrected chi connectivity index (χ3v) is 3.54. The number of hydrogen-bond donors (Lipinski definition) is 1. The zero-order valence-electron chi connectivity index (χ0n) is 11.8. The molecule has 0 spiro atoms. The van der Waals surface area contributed by atoms with Crippen LogP contribution >= 0.6 is 11.8 Å². The van der Waals surface area contributed by atoms with Crippen LogP contribution in [0.3, 0.4) is 0 Å². The Balaban J connectivity index is 2.90. The number of alkyl halides is 10. The standard InChI is InChI=1S/C12H5F10NO2S/c13-9(14,11(18,19)12(20,21)22)8(25)26-6-3-1-5(2-4-6)23-7(24)10(15,16)17/h1-4H,(H,23,24). The largest absolute Gasteiger partial charge is 0.471 e. The molecule has 1 aromatic rings. The molecule has 0 saturated heterocycles. The van der Waals surface area contributed by atoms with Crippen LogP contribution in [0, 0.1) is 0 Å². The van der Waals surface area contributed by atoms with E-state index in [0.717, 1.165) is 0 Å². The smallest absolute Gasteiger partial charge is 0.318 e. The van der Waals surface area contributed by atoms with Crippen molar-refractivity contribution in [2.45, 2.75) is 29.1 Å². The molecule has 0 radical (unpaired) electrons. The second-order valence-corrected chi connectivity index (χ2v) is 5.56. The van der Waals surface area contributed by atoms with Gasteiger partial charge in [0.25, 0.3) is 5.12 Å². The minimum atomic E-state index is -6.68. The van der Waals surface area contributed by atoms with E-state index in [1.807, 2.05) is 0 Å². The highest BCUT2D eigenvalue weighted by molar-refractivity contribution is 8.13. The number of rotatable bonds is 4. The molecule has 1 amide bonds. The molecule has 0 bridgehead atoms. The van der Waals surface area contributed by atoms with Gasteiger partial charge >= 0.3 is 30.1 Å². The van der Waals surface area contributed by atoms with Crippen molar-refractivity contribution in [3.05, 3.63) is 24.3 Å². The Morgan fingerprint density at radius 2 is 1.27 bits per heavy atom. The SMILES string of the molecule is O=C(Nc1ccc(SC(=O)C(F)(F)C(F)(F)C(F)(F)F)cc1)C(F)(F)F. The zero-order chi connectivity index (χ0) is 20.6. The van der Waals surface area contributed by atoms with Crippen molar-refractivity contribution in [1.82, 2.24) is 0 Å². The van der Waals surface area contributed by atoms with Gasteiger partial charge in [-0.2, -0.15) is 43.9 Å². The van der Waals surface area contributed by atoms with Crippen LogP contribution in [0.15, 0.2) is 29.2 Å². The van der Waals surface area contributed by atoms with Gasteiger partial charge in [0.05, 0.1) is 0 Å². The van der Waals surface area contributed by atoms with Crippen molar-refractivity contribution in [2.24, 2.45) is 0 Å². The Morgan fingerprint density at radius 3 is 1.65 bits per heavy atom. The molecule has 0 aliphatic rings. The number of amides is 1. The van der Waals surface area contributed by atoms with E-state index in [9.17, 15) is 53.5 Å². The third-order valence-electron chi connectivity index (χ3n) is 2.59. The molecule has 1 N–H and O–H groups in total. The van der Waals surface area contributed by atoms with Gasteiger partial charge in [0.2, 0.25) is 0 Å². The molecule has 3 nitrogen and oxygen atoms in total. The lowest BCUT2D eigenvalue weighted by atomic mass is 10.2. The quantitative estimate of drug-likeness (QED) is 0.574. The molecule has 0 unspecified atom stereocenters. The Hall–Kier alpha value is -1.99. The van der Waals surface area contributed by atoms with Gasteiger partial charge in [-0.05, 0) is 36.0 Å². The summed E-state index contributed by atoms with van der Waals surface area (Å²) in [4.78, 5) is 21.2. The van der Waals surface area contributed by atoms with E-state index in [1.165, 1.54) is 5.32 Å². The second kappa shape index (κ2) is 6.96. The summed E-state index contributed by atoms with van der Waals surface area (Å²) in [5.74, 6) is -15.1. The average molecular weight is 417 g/mol. The summed E-state index contributed by atoms with van der Waals surface area (Å²) in [5, 5.41) is -1.47. The summed E-state index contributed by atoms with van der Waals surface area (Å²) < 4.78 is 124. The number of anilines is 1. The molecule has 0 heterocycles. The van der Waals surface area contributed by atoms with Gasteiger partial charge in [0.1, 0.15) is 0 Å². The van der Waals surface area contributed by atoms with Gasteiger partial charge in [-0.25, -0.2) is 0 Å². The predicted octanol–water partition coefficient (Wildman–Crippen LogP) is 4.64. The van der Waals surface area contributed by atoms with Crippen LogP contribution in [0.5, 0.6) is 0 Å². The first kappa shape index (κ1) is 22.1. The zero-order valence-corrected chi connectivity index (χ0v) is 12.6. The third kappa shape index (κ3) is 4.59. The minimum absolute atomic E-state index is 0.489. The van der Waals surface area contributed by atoms with E-state index in [4.69, 9.17) is 0 Å². The maximum atomic E-state index is 13.1. The molecule has 0 saturated carbocycles. The Labute approximate surface area is 141 Å². The van der Waals surface area contributed by atoms with E-state index in [1.54, 1.807) is 0 Å². The number of carbonyl (C=O) groups excluding carboxylic acids is 2. The van der Waals surface area contributed by atoms with Crippen LogP contribution in [-0.4, -0.2) is 35.2 Å². The fourth-order valence-corrected chi connectivity index (χ4v) is 2.03. The Bertz CT molecular complexity index is 681. The first-order valence-corrected chi connectivity index (χ1v) is 6.84. The van der Waals surface area contributed by atoms with E-state index in [2.05, 4.69) is 0 Å². The summed E-state index contributed by atoms with van der Waals surface area (Å²) >= 11 is -0.677. The van der Waals surface area contributed by atoms with Crippen LogP contribution in [0.2, 0.25) is 0 Å². The maximum absolute atomic E-state index is 13.1. The van der Waals surface area contributed by atoms with Crippen LogP contribution in [-0.2, 0) is 9.59 Å². The molecule has 0 fully saturated rings. The number of thioether (sulfide) groups is 1. The van der Waals surface area contributed by atoms with Crippen molar-refractivity contribution >= 4 is 28.5 Å². The highest BCUT2D eigenvalue weighted by atomic mass is 32.2. The molecule has 0 aliphatic carbocycles. The molecule has 14 heteroatoms. The van der Waals surface area contributed by atoms with Crippen molar-refractivity contribution < 1.29 is 53.5 Å². The van der Waals surface area contributed by atoms with Gasteiger partial charge in [-0.3, -0.25) is 9.59 Å². The number of benzene rings is 1. The fraction of sp³-hybridized carbons (Fsp3) is 0.333. The molecule has 0 atom stereocenters. The topological polar surface area (TPSA) is 46.2 Å². The van der Waals surface area contributed by atoms with Crippen molar-refractivity contribution in [2.75, 3.05) is 5.32 Å². The van der Waals surface area contributed by atoms with Crippen molar-refractivity contribution in [3.8, 4) is 0 Å². The highest BCUT2D eigenvalue weighted by Gasteiger charge is 2.76. The lowest BCUT2D eigenvalue weighted by molar-refractivity contribution is -0.341. The fourth-order valence-electron chi connectivity index (χ4n) is 1.29. The summed E-state index contributed by atoms with van der Waals surface area (Å²) in [7, 11) is 0. The van der Waals surface area contributed by atoms with E-state index in [-0.39, 0.29) is 0 Å². The predicted molar refractivity (Wildman–Crippen MR) is 67.9 cm³/mol. The lowest BCUT2D eigenvalue weighted by Crippen LogP contribution is -2.55. The first-order valence-electron chi connectivity index (χ1n) is 6.03. The summed E-state index contributed by atoms with van der Waals surface area (Å²) in [6.45, 7) is 0. The van der Waals surface area contributed by atoms with Crippen LogP contribution < -0.4 is 5.32 Å². The van der Waals surface area contributed by atoms with Gasteiger partial charge in [0, 0.05) is 10.6 Å². The van der Waals surface area contributed by atoms with Crippen LogP contribution in [0.25, 0.3) is 0 Å².